The summed E-state index contributed by atoms with van der Waals surface area (Å²) in [4.78, 5) is 0. The highest BCUT2D eigenvalue weighted by Crippen LogP contribution is 2.70. The lowest BCUT2D eigenvalue weighted by atomic mass is 9.61. The lowest BCUT2D eigenvalue weighted by Crippen LogP contribution is -2.59. The summed E-state index contributed by atoms with van der Waals surface area (Å²) in [7, 11) is 0. The first kappa shape index (κ1) is 9.67. The maximum Gasteiger partial charge on any atom is 0.0936 e. The number of hydrogen-bond acceptors (Lipinski definition) is 2. The first-order chi connectivity index (χ1) is 7.44. The molecule has 0 aromatic carbocycles. The Labute approximate surface area is 96.4 Å². The van der Waals surface area contributed by atoms with E-state index < -0.39 is 11.2 Å². The van der Waals surface area contributed by atoms with Crippen LogP contribution >= 0.6 is 0 Å². The molecule has 88 valence electrons. The number of aliphatic hydroxyl groups is 2. The molecule has 2 N–H and O–H groups in total. The monoisotopic (exact) mass is 220 g/mol. The fourth-order valence-electron chi connectivity index (χ4n) is 5.58. The molecule has 0 radical (unpaired) electrons. The number of hydrogen-bond donors (Lipinski definition) is 2. The van der Waals surface area contributed by atoms with Crippen LogP contribution in [0.1, 0.15) is 26.7 Å². The number of allylic oxidation sites excluding steroid dienone is 2. The molecular weight excluding hydrogens is 200 g/mol. The minimum atomic E-state index is -0.878. The quantitative estimate of drug-likeness (QED) is 0.480. The third kappa shape index (κ3) is 0.760. The molecule has 3 saturated carbocycles. The van der Waals surface area contributed by atoms with Crippen LogP contribution in [0.5, 0.6) is 0 Å². The van der Waals surface area contributed by atoms with Crippen LogP contribution < -0.4 is 0 Å². The molecule has 0 aromatic rings. The minimum Gasteiger partial charge on any atom is -0.387 e. The smallest absolute Gasteiger partial charge is 0.0936 e. The molecule has 8 atom stereocenters. The van der Waals surface area contributed by atoms with Crippen molar-refractivity contribution in [3.63, 3.8) is 0 Å². The van der Waals surface area contributed by atoms with E-state index in [-0.39, 0.29) is 0 Å². The Kier molecular flexibility index (Phi) is 1.46. The Hall–Kier alpha value is -0.340. The topological polar surface area (TPSA) is 40.5 Å². The van der Waals surface area contributed by atoms with Crippen LogP contribution in [0.4, 0.5) is 0 Å². The van der Waals surface area contributed by atoms with Crippen molar-refractivity contribution in [2.75, 3.05) is 0 Å². The molecule has 2 nitrogen and oxygen atoms in total. The van der Waals surface area contributed by atoms with Gasteiger partial charge in [-0.3, -0.25) is 0 Å². The summed E-state index contributed by atoms with van der Waals surface area (Å²) >= 11 is 0. The summed E-state index contributed by atoms with van der Waals surface area (Å²) in [5.41, 5.74) is -1.76. The molecule has 8 unspecified atom stereocenters. The van der Waals surface area contributed by atoms with Crippen molar-refractivity contribution in [1.82, 2.24) is 0 Å². The van der Waals surface area contributed by atoms with Crippen LogP contribution in [0.15, 0.2) is 12.2 Å². The van der Waals surface area contributed by atoms with Crippen molar-refractivity contribution < 1.29 is 10.2 Å². The van der Waals surface area contributed by atoms with Gasteiger partial charge >= 0.3 is 0 Å². The minimum absolute atomic E-state index is 0.317. The molecule has 4 aliphatic rings. The first-order valence-corrected chi connectivity index (χ1v) is 6.57. The Morgan fingerprint density at radius 3 is 1.75 bits per heavy atom. The zero-order valence-corrected chi connectivity index (χ0v) is 9.93. The fraction of sp³-hybridized carbons (Fsp3) is 0.857. The maximum absolute atomic E-state index is 10.6. The molecule has 0 aromatic heterocycles. The van der Waals surface area contributed by atoms with Crippen molar-refractivity contribution in [3.05, 3.63) is 12.2 Å². The van der Waals surface area contributed by atoms with Gasteiger partial charge in [-0.25, -0.2) is 0 Å². The second-order valence-corrected chi connectivity index (χ2v) is 6.85. The highest BCUT2D eigenvalue weighted by molar-refractivity contribution is 5.27. The summed E-state index contributed by atoms with van der Waals surface area (Å²) in [6.07, 6.45) is 7.02. The van der Waals surface area contributed by atoms with Gasteiger partial charge < -0.3 is 10.2 Å². The maximum atomic E-state index is 10.6. The molecule has 0 spiro atoms. The molecule has 0 aliphatic heterocycles. The van der Waals surface area contributed by atoms with Crippen LogP contribution in [-0.4, -0.2) is 21.4 Å². The van der Waals surface area contributed by atoms with E-state index in [9.17, 15) is 10.2 Å². The Morgan fingerprint density at radius 2 is 1.31 bits per heavy atom. The van der Waals surface area contributed by atoms with Gasteiger partial charge in [-0.2, -0.15) is 0 Å². The highest BCUT2D eigenvalue weighted by atomic mass is 16.4. The molecule has 0 saturated heterocycles. The van der Waals surface area contributed by atoms with Gasteiger partial charge in [-0.1, -0.05) is 12.2 Å². The van der Waals surface area contributed by atoms with Crippen LogP contribution in [0.3, 0.4) is 0 Å². The van der Waals surface area contributed by atoms with Crippen LogP contribution in [0, 0.1) is 35.5 Å². The lowest BCUT2D eigenvalue weighted by Gasteiger charge is -2.49. The largest absolute Gasteiger partial charge is 0.387 e. The van der Waals surface area contributed by atoms with Gasteiger partial charge in [0.1, 0.15) is 0 Å². The molecule has 4 rings (SSSR count). The van der Waals surface area contributed by atoms with Gasteiger partial charge in [-0.15, -0.1) is 0 Å². The van der Waals surface area contributed by atoms with Crippen LogP contribution in [-0.2, 0) is 0 Å². The van der Waals surface area contributed by atoms with Crippen molar-refractivity contribution in [2.24, 2.45) is 35.5 Å². The van der Waals surface area contributed by atoms with E-state index in [0.717, 1.165) is 6.42 Å². The summed E-state index contributed by atoms with van der Waals surface area (Å²) in [5.74, 6) is 3.31. The third-order valence-corrected chi connectivity index (χ3v) is 6.49. The predicted molar refractivity (Wildman–Crippen MR) is 60.6 cm³/mol. The second kappa shape index (κ2) is 2.41. The molecule has 2 heteroatoms. The molecule has 16 heavy (non-hydrogen) atoms. The van der Waals surface area contributed by atoms with Gasteiger partial charge in [0.2, 0.25) is 0 Å². The summed E-state index contributed by atoms with van der Waals surface area (Å²) in [6.45, 7) is 3.70. The van der Waals surface area contributed by atoms with E-state index in [0.29, 0.717) is 35.5 Å². The second-order valence-electron chi connectivity index (χ2n) is 6.85. The van der Waals surface area contributed by atoms with E-state index in [1.807, 2.05) is 13.8 Å². The van der Waals surface area contributed by atoms with Crippen molar-refractivity contribution in [3.8, 4) is 0 Å². The number of fused-ring (bicyclic) bond motifs is 9. The Bertz CT molecular complexity index is 348. The lowest BCUT2D eigenvalue weighted by molar-refractivity contribution is -0.188. The standard InChI is InChI=1S/C14H20O2/c1-13(15)9-6-10(14(13,2)16)12-8-4-3-7(5-8)11(9)12/h3-4,7-12,15-16H,5-6H2,1-2H3. The normalized spacial score (nSPS) is 70.2. The van der Waals surface area contributed by atoms with Crippen LogP contribution in [0.25, 0.3) is 0 Å². The first-order valence-electron chi connectivity index (χ1n) is 6.57. The van der Waals surface area contributed by atoms with E-state index >= 15 is 0 Å². The average molecular weight is 220 g/mol. The average Bonchev–Trinajstić information content (AvgIpc) is 2.89. The van der Waals surface area contributed by atoms with E-state index in [2.05, 4.69) is 12.2 Å². The van der Waals surface area contributed by atoms with E-state index in [1.165, 1.54) is 6.42 Å². The molecule has 4 aliphatic carbocycles. The molecular formula is C14H20O2. The van der Waals surface area contributed by atoms with Crippen LogP contribution in [0.2, 0.25) is 0 Å². The van der Waals surface area contributed by atoms with Crippen molar-refractivity contribution in [2.45, 2.75) is 37.9 Å². The van der Waals surface area contributed by atoms with Crippen molar-refractivity contribution >= 4 is 0 Å². The Balaban J connectivity index is 1.83. The summed E-state index contributed by atoms with van der Waals surface area (Å²) < 4.78 is 0. The summed E-state index contributed by atoms with van der Waals surface area (Å²) in [6, 6.07) is 0. The zero-order chi connectivity index (χ0) is 11.3. The van der Waals surface area contributed by atoms with E-state index in [4.69, 9.17) is 0 Å². The molecule has 3 fully saturated rings. The number of rotatable bonds is 0. The van der Waals surface area contributed by atoms with Gasteiger partial charge in [0, 0.05) is 0 Å². The SMILES string of the molecule is CC1(O)C2CC(C3C4C=CC(C4)C32)C1(C)O. The zero-order valence-electron chi connectivity index (χ0n) is 9.93. The summed E-state index contributed by atoms with van der Waals surface area (Å²) in [5, 5.41) is 21.2. The predicted octanol–water partition coefficient (Wildman–Crippen LogP) is 1.58. The van der Waals surface area contributed by atoms with Crippen molar-refractivity contribution in [1.29, 1.82) is 0 Å². The van der Waals surface area contributed by atoms with Gasteiger partial charge in [0.15, 0.2) is 0 Å². The van der Waals surface area contributed by atoms with Gasteiger partial charge in [0.05, 0.1) is 11.2 Å². The Morgan fingerprint density at radius 1 is 0.875 bits per heavy atom. The molecule has 0 heterocycles. The van der Waals surface area contributed by atoms with E-state index in [1.54, 1.807) is 0 Å². The molecule has 4 bridgehead atoms. The highest BCUT2D eigenvalue weighted by Gasteiger charge is 2.72. The molecule has 0 amide bonds. The third-order valence-electron chi connectivity index (χ3n) is 6.49. The fourth-order valence-corrected chi connectivity index (χ4v) is 5.58. The van der Waals surface area contributed by atoms with Gasteiger partial charge in [0.25, 0.3) is 0 Å². The van der Waals surface area contributed by atoms with Gasteiger partial charge in [-0.05, 0) is 62.2 Å².